The first-order valence-electron chi connectivity index (χ1n) is 9.67. The Labute approximate surface area is 158 Å². The van der Waals surface area contributed by atoms with Crippen molar-refractivity contribution in [2.75, 3.05) is 51.6 Å². The van der Waals surface area contributed by atoms with E-state index in [1.165, 1.54) is 64.0 Å². The number of thiocarbonyl (C=S) groups is 1. The third-order valence-electron chi connectivity index (χ3n) is 5.57. The molecule has 1 atom stereocenters. The zero-order valence-electron chi connectivity index (χ0n) is 15.7. The van der Waals surface area contributed by atoms with E-state index in [2.05, 4.69) is 58.3 Å². The van der Waals surface area contributed by atoms with E-state index in [4.69, 9.17) is 12.2 Å². The van der Waals surface area contributed by atoms with Gasteiger partial charge in [0.15, 0.2) is 5.11 Å². The van der Waals surface area contributed by atoms with Crippen LogP contribution < -0.4 is 5.32 Å². The summed E-state index contributed by atoms with van der Waals surface area (Å²) in [5.41, 5.74) is 2.37. The van der Waals surface area contributed by atoms with Crippen LogP contribution in [0.15, 0.2) is 24.3 Å². The van der Waals surface area contributed by atoms with Gasteiger partial charge < -0.3 is 20.0 Å². The van der Waals surface area contributed by atoms with Crippen LogP contribution in [-0.2, 0) is 0 Å². The van der Waals surface area contributed by atoms with Crippen LogP contribution in [-0.4, -0.2) is 72.2 Å². The lowest BCUT2D eigenvalue weighted by molar-refractivity contribution is 0.135. The van der Waals surface area contributed by atoms with Crippen LogP contribution in [0.25, 0.3) is 0 Å². The molecule has 0 spiro atoms. The van der Waals surface area contributed by atoms with Crippen LogP contribution in [0.4, 0.5) is 5.69 Å². The Kier molecular flexibility index (Phi) is 6.68. The number of anilines is 1. The minimum Gasteiger partial charge on any atom is -0.346 e. The van der Waals surface area contributed by atoms with Crippen molar-refractivity contribution in [3.8, 4) is 0 Å². The summed E-state index contributed by atoms with van der Waals surface area (Å²) in [6, 6.07) is 9.08. The van der Waals surface area contributed by atoms with E-state index in [1.54, 1.807) is 0 Å². The van der Waals surface area contributed by atoms with Crippen molar-refractivity contribution in [3.05, 3.63) is 29.8 Å². The Hall–Kier alpha value is -1.17. The first kappa shape index (κ1) is 18.6. The van der Waals surface area contributed by atoms with Crippen LogP contribution in [0.5, 0.6) is 0 Å². The maximum atomic E-state index is 5.75. The van der Waals surface area contributed by atoms with Gasteiger partial charge in [-0.15, -0.1) is 0 Å². The molecular formula is C20H32N4S. The molecule has 0 radical (unpaired) electrons. The summed E-state index contributed by atoms with van der Waals surface area (Å²) >= 11 is 5.75. The highest BCUT2D eigenvalue weighted by atomic mass is 32.1. The summed E-state index contributed by atoms with van der Waals surface area (Å²) in [6.45, 7) is 9.20. The third kappa shape index (κ3) is 5.40. The molecule has 1 N–H and O–H groups in total. The number of benzene rings is 1. The van der Waals surface area contributed by atoms with E-state index in [1.807, 2.05) is 0 Å². The zero-order valence-corrected chi connectivity index (χ0v) is 16.5. The van der Waals surface area contributed by atoms with Gasteiger partial charge in [0.1, 0.15) is 0 Å². The maximum absolute atomic E-state index is 5.75. The standard InChI is InChI=1S/C20H32N4S/c1-17-6-8-18(9-7-17)21-20(25)24-11-4-3-5-19(24)10-12-23-15-13-22(2)14-16-23/h6-9,19H,3-5,10-16H2,1-2H3,(H,21,25)/t19-/m1/s1. The number of aryl methyl sites for hydroxylation is 1. The molecule has 1 aromatic rings. The number of nitrogens with one attached hydrogen (secondary N) is 1. The Morgan fingerprint density at radius 3 is 2.52 bits per heavy atom. The molecule has 0 bridgehead atoms. The minimum atomic E-state index is 0.582. The van der Waals surface area contributed by atoms with Crippen molar-refractivity contribution in [2.24, 2.45) is 0 Å². The maximum Gasteiger partial charge on any atom is 0.173 e. The largest absolute Gasteiger partial charge is 0.346 e. The smallest absolute Gasteiger partial charge is 0.173 e. The van der Waals surface area contributed by atoms with Gasteiger partial charge in [-0.3, -0.25) is 0 Å². The molecule has 2 heterocycles. The Morgan fingerprint density at radius 1 is 1.08 bits per heavy atom. The van der Waals surface area contributed by atoms with E-state index >= 15 is 0 Å². The Balaban J connectivity index is 1.52. The zero-order chi connectivity index (χ0) is 17.6. The Morgan fingerprint density at radius 2 is 1.80 bits per heavy atom. The van der Waals surface area contributed by atoms with Crippen molar-refractivity contribution in [2.45, 2.75) is 38.6 Å². The van der Waals surface area contributed by atoms with Gasteiger partial charge >= 0.3 is 0 Å². The average molecular weight is 361 g/mol. The van der Waals surface area contributed by atoms with Gasteiger partial charge in [-0.1, -0.05) is 17.7 Å². The van der Waals surface area contributed by atoms with Gasteiger partial charge in [0.2, 0.25) is 0 Å². The monoisotopic (exact) mass is 360 g/mol. The highest BCUT2D eigenvalue weighted by Crippen LogP contribution is 2.22. The molecule has 4 nitrogen and oxygen atoms in total. The number of likely N-dealkylation sites (tertiary alicyclic amines) is 1. The molecule has 0 amide bonds. The second-order valence-electron chi connectivity index (χ2n) is 7.57. The first-order valence-corrected chi connectivity index (χ1v) is 10.1. The van der Waals surface area contributed by atoms with Gasteiger partial charge in [0, 0.05) is 51.0 Å². The Bertz CT molecular complexity index is 551. The fourth-order valence-electron chi connectivity index (χ4n) is 3.80. The summed E-state index contributed by atoms with van der Waals surface area (Å²) < 4.78 is 0. The highest BCUT2D eigenvalue weighted by Gasteiger charge is 2.25. The molecule has 1 aromatic carbocycles. The number of rotatable bonds is 4. The number of hydrogen-bond acceptors (Lipinski definition) is 3. The van der Waals surface area contributed by atoms with E-state index in [0.29, 0.717) is 6.04 Å². The molecule has 138 valence electrons. The molecule has 0 aliphatic carbocycles. The number of piperidine rings is 1. The molecule has 0 aromatic heterocycles. The first-order chi connectivity index (χ1) is 12.1. The molecule has 3 rings (SSSR count). The van der Waals surface area contributed by atoms with E-state index in [9.17, 15) is 0 Å². The van der Waals surface area contributed by atoms with Crippen molar-refractivity contribution in [3.63, 3.8) is 0 Å². The molecule has 0 saturated carbocycles. The molecular weight excluding hydrogens is 328 g/mol. The molecule has 25 heavy (non-hydrogen) atoms. The van der Waals surface area contributed by atoms with Gasteiger partial charge in [-0.05, 0) is 64.0 Å². The summed E-state index contributed by atoms with van der Waals surface area (Å²) in [4.78, 5) is 7.47. The van der Waals surface area contributed by atoms with Gasteiger partial charge in [-0.2, -0.15) is 0 Å². The van der Waals surface area contributed by atoms with Crippen LogP contribution >= 0.6 is 12.2 Å². The predicted molar refractivity (Wildman–Crippen MR) is 110 cm³/mol. The minimum absolute atomic E-state index is 0.582. The normalized spacial score (nSPS) is 22.8. The number of hydrogen-bond donors (Lipinski definition) is 1. The second kappa shape index (κ2) is 8.97. The van der Waals surface area contributed by atoms with E-state index in [0.717, 1.165) is 17.3 Å². The SMILES string of the molecule is Cc1ccc(NC(=S)N2CCCC[C@@H]2CCN2CCN(C)CC2)cc1. The summed E-state index contributed by atoms with van der Waals surface area (Å²) in [6.07, 6.45) is 5.07. The van der Waals surface area contributed by atoms with Crippen LogP contribution in [0.2, 0.25) is 0 Å². The number of piperazine rings is 1. The average Bonchev–Trinajstić information content (AvgIpc) is 2.63. The molecule has 0 unspecified atom stereocenters. The molecule has 2 saturated heterocycles. The topological polar surface area (TPSA) is 21.8 Å². The number of likely N-dealkylation sites (N-methyl/N-ethyl adjacent to an activating group) is 1. The van der Waals surface area contributed by atoms with Gasteiger partial charge in [-0.25, -0.2) is 0 Å². The summed E-state index contributed by atoms with van der Waals surface area (Å²) in [7, 11) is 2.22. The lowest BCUT2D eigenvalue weighted by Crippen LogP contribution is -2.49. The highest BCUT2D eigenvalue weighted by molar-refractivity contribution is 7.80. The van der Waals surface area contributed by atoms with Crippen molar-refractivity contribution >= 4 is 23.0 Å². The molecule has 2 fully saturated rings. The van der Waals surface area contributed by atoms with Crippen molar-refractivity contribution in [1.82, 2.24) is 14.7 Å². The van der Waals surface area contributed by atoms with Crippen LogP contribution in [0, 0.1) is 6.92 Å². The van der Waals surface area contributed by atoms with Crippen molar-refractivity contribution in [1.29, 1.82) is 0 Å². The molecule has 2 aliphatic heterocycles. The third-order valence-corrected chi connectivity index (χ3v) is 5.90. The van der Waals surface area contributed by atoms with E-state index in [-0.39, 0.29) is 0 Å². The van der Waals surface area contributed by atoms with Gasteiger partial charge in [0.25, 0.3) is 0 Å². The predicted octanol–water partition coefficient (Wildman–Crippen LogP) is 3.18. The quantitative estimate of drug-likeness (QED) is 0.830. The number of nitrogens with zero attached hydrogens (tertiary/aromatic N) is 3. The fourth-order valence-corrected chi connectivity index (χ4v) is 4.16. The molecule has 2 aliphatic rings. The molecule has 5 heteroatoms. The lowest BCUT2D eigenvalue weighted by Gasteiger charge is -2.39. The summed E-state index contributed by atoms with van der Waals surface area (Å²) in [5.74, 6) is 0. The van der Waals surface area contributed by atoms with Crippen LogP contribution in [0.1, 0.15) is 31.2 Å². The van der Waals surface area contributed by atoms with E-state index < -0.39 is 0 Å². The second-order valence-corrected chi connectivity index (χ2v) is 7.96. The van der Waals surface area contributed by atoms with Crippen molar-refractivity contribution < 1.29 is 0 Å². The lowest BCUT2D eigenvalue weighted by atomic mass is 9.99. The van der Waals surface area contributed by atoms with Gasteiger partial charge in [0.05, 0.1) is 0 Å². The summed E-state index contributed by atoms with van der Waals surface area (Å²) in [5, 5.41) is 4.34. The fraction of sp³-hybridized carbons (Fsp3) is 0.650. The van der Waals surface area contributed by atoms with Crippen LogP contribution in [0.3, 0.4) is 0 Å².